The normalized spacial score (nSPS) is 15.8. The summed E-state index contributed by atoms with van der Waals surface area (Å²) < 4.78 is 109. The Balaban J connectivity index is 5.53. The van der Waals surface area contributed by atoms with E-state index in [0.29, 0.717) is 13.8 Å². The minimum Gasteiger partial charge on any atom is -0.199 e. The number of hydrogen-bond donors (Lipinski definition) is 0. The summed E-state index contributed by atoms with van der Waals surface area (Å²) in [7, 11) is 0. The lowest BCUT2D eigenvalue weighted by Crippen LogP contribution is -2.62. The molecular formula is C7H6F9. The molecular weight excluding hydrogens is 255 g/mol. The molecule has 0 aliphatic rings. The molecule has 0 fully saturated rings. The third-order valence-electron chi connectivity index (χ3n) is 1.77. The molecule has 0 aromatic rings. The first-order valence-corrected chi connectivity index (χ1v) is 3.70. The van der Waals surface area contributed by atoms with Crippen LogP contribution in [0.15, 0.2) is 0 Å². The Hall–Kier alpha value is -0.630. The molecule has 9 heteroatoms. The van der Waals surface area contributed by atoms with E-state index >= 15 is 0 Å². The van der Waals surface area contributed by atoms with Gasteiger partial charge in [0.15, 0.2) is 0 Å². The second-order valence-electron chi connectivity index (χ2n) is 3.22. The van der Waals surface area contributed by atoms with E-state index in [9.17, 15) is 39.5 Å². The van der Waals surface area contributed by atoms with Gasteiger partial charge in [0.2, 0.25) is 0 Å². The highest BCUT2D eigenvalue weighted by atomic mass is 19.4. The third kappa shape index (κ3) is 1.95. The van der Waals surface area contributed by atoms with Crippen molar-refractivity contribution in [3.05, 3.63) is 5.92 Å². The molecule has 0 aromatic carbocycles. The monoisotopic (exact) mass is 261 g/mol. The maximum atomic E-state index is 12.6. The Bertz CT molecular complexity index is 249. The standard InChI is InChI=1S/C7H6F9/c1-3(2)4(8,9)5(10,11)6(12,13)7(14,15)16/h1-2H3. The van der Waals surface area contributed by atoms with Crippen molar-refractivity contribution in [2.24, 2.45) is 0 Å². The van der Waals surface area contributed by atoms with Gasteiger partial charge in [-0.15, -0.1) is 0 Å². The van der Waals surface area contributed by atoms with Crippen LogP contribution in [-0.2, 0) is 0 Å². The molecule has 0 nitrogen and oxygen atoms in total. The van der Waals surface area contributed by atoms with Gasteiger partial charge in [0.25, 0.3) is 0 Å². The Kier molecular flexibility index (Phi) is 3.55. The van der Waals surface area contributed by atoms with Crippen LogP contribution < -0.4 is 0 Å². The van der Waals surface area contributed by atoms with Crippen LogP contribution in [0.25, 0.3) is 0 Å². The molecule has 0 heterocycles. The van der Waals surface area contributed by atoms with E-state index in [1.54, 1.807) is 0 Å². The number of halogens is 9. The van der Waals surface area contributed by atoms with Crippen LogP contribution >= 0.6 is 0 Å². The lowest BCUT2D eigenvalue weighted by Gasteiger charge is -2.35. The summed E-state index contributed by atoms with van der Waals surface area (Å²) in [6.07, 6.45) is -6.75. The van der Waals surface area contributed by atoms with Gasteiger partial charge in [0.05, 0.1) is 0 Å². The molecule has 0 aliphatic carbocycles. The molecule has 0 unspecified atom stereocenters. The van der Waals surface area contributed by atoms with E-state index in [-0.39, 0.29) is 0 Å². The Morgan fingerprint density at radius 2 is 0.938 bits per heavy atom. The zero-order chi connectivity index (χ0) is 13.6. The summed E-state index contributed by atoms with van der Waals surface area (Å²) >= 11 is 0. The maximum Gasteiger partial charge on any atom is 0.460 e. The van der Waals surface area contributed by atoms with Gasteiger partial charge in [-0.2, -0.15) is 39.5 Å². The first kappa shape index (κ1) is 15.4. The van der Waals surface area contributed by atoms with Gasteiger partial charge in [-0.05, 0) is 0 Å². The molecule has 0 rings (SSSR count). The van der Waals surface area contributed by atoms with Crippen molar-refractivity contribution in [1.82, 2.24) is 0 Å². The summed E-state index contributed by atoms with van der Waals surface area (Å²) in [4.78, 5) is 0. The Morgan fingerprint density at radius 1 is 0.625 bits per heavy atom. The molecule has 0 aliphatic heterocycles. The summed E-state index contributed by atoms with van der Waals surface area (Å²) in [5.74, 6) is -20.4. The van der Waals surface area contributed by atoms with Gasteiger partial charge in [0.1, 0.15) is 0 Å². The minimum atomic E-state index is -6.80. The molecule has 0 amide bonds. The molecule has 97 valence electrons. The van der Waals surface area contributed by atoms with Gasteiger partial charge in [0, 0.05) is 5.92 Å². The van der Waals surface area contributed by atoms with E-state index in [0.717, 1.165) is 0 Å². The predicted octanol–water partition coefficient (Wildman–Crippen LogP) is 4.07. The largest absolute Gasteiger partial charge is 0.460 e. The summed E-state index contributed by atoms with van der Waals surface area (Å²) in [5, 5.41) is 0. The minimum absolute atomic E-state index is 0.334. The van der Waals surface area contributed by atoms with Crippen LogP contribution in [0, 0.1) is 5.92 Å². The van der Waals surface area contributed by atoms with Gasteiger partial charge in [-0.1, -0.05) is 13.8 Å². The van der Waals surface area contributed by atoms with E-state index in [4.69, 9.17) is 0 Å². The van der Waals surface area contributed by atoms with E-state index in [1.165, 1.54) is 0 Å². The van der Waals surface area contributed by atoms with Crippen molar-refractivity contribution in [1.29, 1.82) is 0 Å². The Labute approximate surface area is 84.4 Å². The first-order valence-electron chi connectivity index (χ1n) is 3.70. The second-order valence-corrected chi connectivity index (χ2v) is 3.22. The van der Waals surface area contributed by atoms with Crippen LogP contribution in [0.4, 0.5) is 39.5 Å². The summed E-state index contributed by atoms with van der Waals surface area (Å²) in [6, 6.07) is 0. The van der Waals surface area contributed by atoms with E-state index in [1.807, 2.05) is 0 Å². The van der Waals surface area contributed by atoms with Crippen molar-refractivity contribution in [2.75, 3.05) is 0 Å². The zero-order valence-corrected chi connectivity index (χ0v) is 7.90. The van der Waals surface area contributed by atoms with Gasteiger partial charge in [-0.25, -0.2) is 0 Å². The van der Waals surface area contributed by atoms with Crippen LogP contribution in [0.3, 0.4) is 0 Å². The van der Waals surface area contributed by atoms with E-state index in [2.05, 4.69) is 0 Å². The fraction of sp³-hybridized carbons (Fsp3) is 0.857. The summed E-state index contributed by atoms with van der Waals surface area (Å²) in [5.41, 5.74) is 0. The van der Waals surface area contributed by atoms with E-state index < -0.39 is 29.9 Å². The van der Waals surface area contributed by atoms with Crippen LogP contribution in [0.5, 0.6) is 0 Å². The number of alkyl halides is 9. The molecule has 0 atom stereocenters. The molecule has 0 N–H and O–H groups in total. The molecule has 0 saturated heterocycles. The average Bonchev–Trinajstić information content (AvgIpc) is 2.00. The number of hydrogen-bond acceptors (Lipinski definition) is 0. The van der Waals surface area contributed by atoms with Crippen molar-refractivity contribution < 1.29 is 39.5 Å². The molecule has 0 aromatic heterocycles. The highest BCUT2D eigenvalue weighted by Crippen LogP contribution is 2.55. The zero-order valence-electron chi connectivity index (χ0n) is 7.90. The number of rotatable bonds is 3. The molecule has 0 bridgehead atoms. The van der Waals surface area contributed by atoms with Gasteiger partial charge in [-0.3, -0.25) is 0 Å². The lowest BCUT2D eigenvalue weighted by molar-refractivity contribution is -0.392. The molecule has 0 spiro atoms. The summed E-state index contributed by atoms with van der Waals surface area (Å²) in [6.45, 7) is 0.667. The van der Waals surface area contributed by atoms with Crippen molar-refractivity contribution in [3.63, 3.8) is 0 Å². The smallest absolute Gasteiger partial charge is 0.199 e. The second kappa shape index (κ2) is 3.69. The van der Waals surface area contributed by atoms with Crippen molar-refractivity contribution in [2.45, 2.75) is 37.8 Å². The quantitative estimate of drug-likeness (QED) is 0.672. The maximum absolute atomic E-state index is 12.6. The van der Waals surface area contributed by atoms with Crippen molar-refractivity contribution in [3.8, 4) is 0 Å². The van der Waals surface area contributed by atoms with Crippen LogP contribution in [0.2, 0.25) is 0 Å². The van der Waals surface area contributed by atoms with Crippen LogP contribution in [-0.4, -0.2) is 23.9 Å². The Morgan fingerprint density at radius 3 is 1.12 bits per heavy atom. The molecule has 1 radical (unpaired) electrons. The highest BCUT2D eigenvalue weighted by Gasteiger charge is 2.82. The molecule has 16 heavy (non-hydrogen) atoms. The van der Waals surface area contributed by atoms with Gasteiger partial charge >= 0.3 is 23.9 Å². The van der Waals surface area contributed by atoms with Gasteiger partial charge < -0.3 is 0 Å². The highest BCUT2D eigenvalue weighted by molar-refractivity contribution is 5.10. The third-order valence-corrected chi connectivity index (χ3v) is 1.77. The van der Waals surface area contributed by atoms with Crippen LogP contribution in [0.1, 0.15) is 13.8 Å². The topological polar surface area (TPSA) is 0 Å². The van der Waals surface area contributed by atoms with Crippen molar-refractivity contribution >= 4 is 0 Å². The fourth-order valence-electron chi connectivity index (χ4n) is 0.689. The first-order chi connectivity index (χ1) is 6.69. The predicted molar refractivity (Wildman–Crippen MR) is 35.5 cm³/mol. The average molecular weight is 261 g/mol. The SMILES string of the molecule is C[C](C)C(F)(F)C(F)(F)C(F)(F)C(F)(F)F. The lowest BCUT2D eigenvalue weighted by atomic mass is 9.94. The molecule has 0 saturated carbocycles. The fourth-order valence-corrected chi connectivity index (χ4v) is 0.689.